The van der Waals surface area contributed by atoms with E-state index in [1.165, 1.54) is 24.1 Å². The van der Waals surface area contributed by atoms with E-state index in [0.717, 1.165) is 16.2 Å². The third kappa shape index (κ3) is 5.95. The van der Waals surface area contributed by atoms with Gasteiger partial charge in [-0.05, 0) is 6.92 Å². The van der Waals surface area contributed by atoms with Crippen LogP contribution in [0.5, 0.6) is 0 Å². The first-order valence-electron chi connectivity index (χ1n) is 10.0. The molecule has 2 aliphatic heterocycles. The number of carbonyl (C=O) groups is 5. The number of nitrogens with one attached hydrogen (secondary N) is 1. The van der Waals surface area contributed by atoms with Gasteiger partial charge >= 0.3 is 11.9 Å². The van der Waals surface area contributed by atoms with Gasteiger partial charge in [0.2, 0.25) is 0 Å². The van der Waals surface area contributed by atoms with Crippen molar-refractivity contribution in [2.45, 2.75) is 24.8 Å². The van der Waals surface area contributed by atoms with E-state index in [-0.39, 0.29) is 46.8 Å². The van der Waals surface area contributed by atoms with E-state index in [4.69, 9.17) is 20.4 Å². The summed E-state index contributed by atoms with van der Waals surface area (Å²) in [6.45, 7) is 0.300. The van der Waals surface area contributed by atoms with Crippen molar-refractivity contribution in [3.8, 4) is 0 Å². The lowest BCUT2D eigenvalue weighted by molar-refractivity contribution is -0.150. The van der Waals surface area contributed by atoms with Crippen LogP contribution in [0, 0.1) is 0 Å². The van der Waals surface area contributed by atoms with Crippen LogP contribution >= 0.6 is 23.1 Å². The molecule has 0 bridgehead atoms. The minimum Gasteiger partial charge on any atom is -0.477 e. The maximum Gasteiger partial charge on any atom is 0.352 e. The zero-order valence-corrected chi connectivity index (χ0v) is 19.9. The molecule has 0 aliphatic carbocycles. The molecule has 3 heterocycles. The molecule has 2 atom stereocenters. The average molecular weight is 528 g/mol. The SMILES string of the molecule is CC(=O)CC(=O)OCC1=C(C(=O)O)N2C(=O)[C@@H](NC(=O)C(=NOCCO)c3csc(N)n3)[C@@H]2SC1. The highest BCUT2D eigenvalue weighted by atomic mass is 32.2. The average Bonchev–Trinajstić information content (AvgIpc) is 3.23. The molecule has 2 amide bonds. The summed E-state index contributed by atoms with van der Waals surface area (Å²) in [7, 11) is 0. The fourth-order valence-corrected chi connectivity index (χ4v) is 5.05. The summed E-state index contributed by atoms with van der Waals surface area (Å²) in [5.41, 5.74) is 5.28. The minimum atomic E-state index is -1.40. The van der Waals surface area contributed by atoms with Crippen LogP contribution in [0.2, 0.25) is 0 Å². The number of fused-ring (bicyclic) bond motifs is 1. The monoisotopic (exact) mass is 527 g/mol. The number of Topliss-reactive ketones (excluding diaryl/α,β-unsaturated/α-hetero) is 1. The number of ketones is 1. The highest BCUT2D eigenvalue weighted by Gasteiger charge is 2.54. The van der Waals surface area contributed by atoms with Crippen LogP contribution in [0.15, 0.2) is 21.8 Å². The van der Waals surface area contributed by atoms with Crippen molar-refractivity contribution < 1.29 is 43.8 Å². The Bertz CT molecular complexity index is 1120. The molecule has 5 N–H and O–H groups in total. The number of oxime groups is 1. The van der Waals surface area contributed by atoms with Crippen molar-refractivity contribution in [3.63, 3.8) is 0 Å². The molecule has 1 aromatic heterocycles. The maximum atomic E-state index is 12.9. The van der Waals surface area contributed by atoms with E-state index in [0.29, 0.717) is 0 Å². The van der Waals surface area contributed by atoms with Gasteiger partial charge in [0.25, 0.3) is 11.8 Å². The van der Waals surface area contributed by atoms with Crippen LogP contribution < -0.4 is 11.1 Å². The summed E-state index contributed by atoms with van der Waals surface area (Å²) in [4.78, 5) is 70.1. The maximum absolute atomic E-state index is 12.9. The summed E-state index contributed by atoms with van der Waals surface area (Å²) >= 11 is 2.22. The highest BCUT2D eigenvalue weighted by Crippen LogP contribution is 2.40. The normalized spacial score (nSPS) is 19.5. The third-order valence-corrected chi connectivity index (χ3v) is 6.67. The second kappa shape index (κ2) is 11.3. The number of β-lactam (4-membered cyclic amide) rings is 1. The predicted octanol–water partition coefficient (Wildman–Crippen LogP) is -1.30. The number of nitrogens with zero attached hydrogens (tertiary/aromatic N) is 3. The van der Waals surface area contributed by atoms with Gasteiger partial charge in [0, 0.05) is 16.7 Å². The zero-order valence-electron chi connectivity index (χ0n) is 18.3. The number of ether oxygens (including phenoxy) is 1. The summed E-state index contributed by atoms with van der Waals surface area (Å²) in [6, 6.07) is -1.07. The van der Waals surface area contributed by atoms with Crippen LogP contribution in [-0.4, -0.2) is 92.3 Å². The van der Waals surface area contributed by atoms with E-state index < -0.39 is 54.0 Å². The largest absolute Gasteiger partial charge is 0.477 e. The van der Waals surface area contributed by atoms with Gasteiger partial charge in [-0.15, -0.1) is 23.1 Å². The second-order valence-electron chi connectivity index (χ2n) is 7.23. The lowest BCUT2D eigenvalue weighted by atomic mass is 10.0. The standard InChI is InChI=1S/C19H21N5O9S2/c1-8(26)4-11(27)32-5-9-6-34-17-13(16(29)24(17)14(9)18(30)31)22-15(28)12(23-33-3-2-25)10-7-35-19(20)21-10/h7,13,17,25H,2-6H2,1H3,(H2,20,21)(H,22,28)(H,30,31)/t13-,17+/m1/s1. The van der Waals surface area contributed by atoms with Gasteiger partial charge in [0.05, 0.1) is 6.61 Å². The van der Waals surface area contributed by atoms with Gasteiger partial charge in [0.1, 0.15) is 48.2 Å². The molecule has 0 unspecified atom stereocenters. The lowest BCUT2D eigenvalue weighted by Gasteiger charge is -2.49. The molecular formula is C19H21N5O9S2. The van der Waals surface area contributed by atoms with E-state index in [9.17, 15) is 29.1 Å². The van der Waals surface area contributed by atoms with Crippen molar-refractivity contribution in [1.29, 1.82) is 0 Å². The number of anilines is 1. The number of nitrogen functional groups attached to an aromatic ring is 1. The van der Waals surface area contributed by atoms with Gasteiger partial charge in [-0.1, -0.05) is 5.16 Å². The Balaban J connectivity index is 1.74. The van der Waals surface area contributed by atoms with Gasteiger partial charge in [-0.3, -0.25) is 24.1 Å². The Morgan fingerprint density at radius 3 is 2.71 bits per heavy atom. The minimum absolute atomic E-state index is 0.101. The number of carboxylic acids is 1. The fraction of sp³-hybridized carbons (Fsp3) is 0.421. The lowest BCUT2D eigenvalue weighted by Crippen LogP contribution is -2.71. The number of aromatic nitrogens is 1. The molecule has 188 valence electrons. The number of amides is 2. The summed E-state index contributed by atoms with van der Waals surface area (Å²) in [6.07, 6.45) is -0.446. The van der Waals surface area contributed by atoms with Crippen LogP contribution in [-0.2, 0) is 33.5 Å². The first-order valence-corrected chi connectivity index (χ1v) is 11.9. The van der Waals surface area contributed by atoms with Crippen LogP contribution in [0.3, 0.4) is 0 Å². The number of aliphatic carboxylic acids is 1. The molecule has 3 rings (SSSR count). The number of thioether (sulfide) groups is 1. The number of carboxylic acid groups (broad SMARTS) is 1. The molecule has 0 aromatic carbocycles. The molecule has 1 saturated heterocycles. The number of hydrogen-bond donors (Lipinski definition) is 4. The van der Waals surface area contributed by atoms with Gasteiger partial charge < -0.3 is 30.8 Å². The number of nitrogens with two attached hydrogens (primary N) is 1. The molecule has 14 nitrogen and oxygen atoms in total. The molecule has 0 radical (unpaired) electrons. The molecule has 0 spiro atoms. The first-order chi connectivity index (χ1) is 16.6. The van der Waals surface area contributed by atoms with Crippen molar-refractivity contribution in [2.75, 3.05) is 31.3 Å². The number of hydrogen-bond acceptors (Lipinski definition) is 13. The van der Waals surface area contributed by atoms with Gasteiger partial charge in [-0.25, -0.2) is 9.78 Å². The van der Waals surface area contributed by atoms with Gasteiger partial charge in [-0.2, -0.15) is 0 Å². The van der Waals surface area contributed by atoms with Crippen molar-refractivity contribution in [3.05, 3.63) is 22.3 Å². The number of rotatable bonds is 11. The predicted molar refractivity (Wildman–Crippen MR) is 122 cm³/mol. The van der Waals surface area contributed by atoms with Crippen molar-refractivity contribution in [2.24, 2.45) is 5.16 Å². The second-order valence-corrected chi connectivity index (χ2v) is 9.22. The highest BCUT2D eigenvalue weighted by molar-refractivity contribution is 8.00. The quantitative estimate of drug-likeness (QED) is 0.0660. The van der Waals surface area contributed by atoms with E-state index in [2.05, 4.69) is 15.5 Å². The number of thiazole rings is 1. The van der Waals surface area contributed by atoms with Crippen LogP contribution in [0.25, 0.3) is 0 Å². The molecular weight excluding hydrogens is 506 g/mol. The molecule has 35 heavy (non-hydrogen) atoms. The van der Waals surface area contributed by atoms with Crippen LogP contribution in [0.1, 0.15) is 19.0 Å². The number of aliphatic hydroxyl groups excluding tert-OH is 1. The Morgan fingerprint density at radius 1 is 1.37 bits per heavy atom. The Labute approximate surface area is 206 Å². The summed E-state index contributed by atoms with van der Waals surface area (Å²) in [5, 5.41) is 25.6. The topological polar surface area (TPSA) is 211 Å². The summed E-state index contributed by atoms with van der Waals surface area (Å²) in [5.74, 6) is -3.99. The molecule has 16 heteroatoms. The third-order valence-electron chi connectivity index (χ3n) is 4.66. The molecule has 0 saturated carbocycles. The number of esters is 1. The Hall–Kier alpha value is -3.50. The Morgan fingerprint density at radius 2 is 2.11 bits per heavy atom. The molecule has 1 fully saturated rings. The first kappa shape index (κ1) is 26.1. The van der Waals surface area contributed by atoms with E-state index >= 15 is 0 Å². The zero-order chi connectivity index (χ0) is 25.7. The van der Waals surface area contributed by atoms with Crippen molar-refractivity contribution in [1.82, 2.24) is 15.2 Å². The molecule has 2 aliphatic rings. The van der Waals surface area contributed by atoms with Gasteiger partial charge in [0.15, 0.2) is 10.8 Å². The summed E-state index contributed by atoms with van der Waals surface area (Å²) < 4.78 is 4.97. The van der Waals surface area contributed by atoms with Crippen LogP contribution in [0.4, 0.5) is 5.13 Å². The van der Waals surface area contributed by atoms with Crippen molar-refractivity contribution >= 4 is 63.5 Å². The number of aliphatic hydroxyl groups is 1. The van der Waals surface area contributed by atoms with E-state index in [1.54, 1.807) is 0 Å². The smallest absolute Gasteiger partial charge is 0.352 e. The van der Waals surface area contributed by atoms with E-state index in [1.807, 2.05) is 0 Å². The number of carbonyl (C=O) groups excluding carboxylic acids is 4. The fourth-order valence-electron chi connectivity index (χ4n) is 3.18. The molecule has 1 aromatic rings. The Kier molecular flexibility index (Phi) is 8.42.